The van der Waals surface area contributed by atoms with E-state index in [4.69, 9.17) is 10.5 Å². The Kier molecular flexibility index (Phi) is 3.52. The van der Waals surface area contributed by atoms with E-state index in [1.165, 1.54) is 0 Å². The predicted molar refractivity (Wildman–Crippen MR) is 74.9 cm³/mol. The first-order valence-electron chi connectivity index (χ1n) is 5.51. The summed E-state index contributed by atoms with van der Waals surface area (Å²) in [7, 11) is 0. The molecule has 0 bridgehead atoms. The van der Waals surface area contributed by atoms with Crippen LogP contribution in [-0.2, 0) is 0 Å². The van der Waals surface area contributed by atoms with Crippen LogP contribution in [0.3, 0.4) is 0 Å². The summed E-state index contributed by atoms with van der Waals surface area (Å²) in [5.41, 5.74) is 9.19. The van der Waals surface area contributed by atoms with Crippen molar-refractivity contribution < 1.29 is 4.74 Å². The molecule has 0 fully saturated rings. The molecule has 0 amide bonds. The summed E-state index contributed by atoms with van der Waals surface area (Å²) in [4.78, 5) is 8.53. The molecule has 2 rings (SSSR count). The number of nitrogens with zero attached hydrogens (tertiary/aromatic N) is 2. The molecule has 0 saturated heterocycles. The minimum absolute atomic E-state index is 0.454. The first-order chi connectivity index (χ1) is 8.47. The van der Waals surface area contributed by atoms with Crippen molar-refractivity contribution in [3.63, 3.8) is 0 Å². The molecule has 0 saturated carbocycles. The Balaban J connectivity index is 2.37. The molecule has 0 radical (unpaired) electrons. The fourth-order valence-electron chi connectivity index (χ4n) is 1.57. The van der Waals surface area contributed by atoms with Gasteiger partial charge in [0.05, 0.1) is 23.3 Å². The Bertz CT molecular complexity index is 576. The molecule has 1 heterocycles. The number of aryl methyl sites for hydroxylation is 3. The van der Waals surface area contributed by atoms with Gasteiger partial charge >= 0.3 is 0 Å². The van der Waals surface area contributed by atoms with Gasteiger partial charge in [0.25, 0.3) is 0 Å². The standard InChI is InChI=1S/C13H14BrN3O/c1-7-4-10(14)5-11(15)13(7)18-12-6-16-8(2)9(3)17-12/h4-6H,15H2,1-3H3. The second-order valence-corrected chi connectivity index (χ2v) is 5.04. The van der Waals surface area contributed by atoms with Crippen LogP contribution in [0.1, 0.15) is 17.0 Å². The van der Waals surface area contributed by atoms with Crippen molar-refractivity contribution in [2.75, 3.05) is 5.73 Å². The number of aromatic nitrogens is 2. The number of nitrogen functional groups attached to an aromatic ring is 1. The monoisotopic (exact) mass is 307 g/mol. The molecule has 0 spiro atoms. The van der Waals surface area contributed by atoms with Gasteiger partial charge in [-0.1, -0.05) is 15.9 Å². The lowest BCUT2D eigenvalue weighted by molar-refractivity contribution is 0.457. The third kappa shape index (κ3) is 2.61. The van der Waals surface area contributed by atoms with Gasteiger partial charge in [0.2, 0.25) is 5.88 Å². The SMILES string of the molecule is Cc1cc(Br)cc(N)c1Oc1cnc(C)c(C)n1. The normalized spacial score (nSPS) is 10.4. The summed E-state index contributed by atoms with van der Waals surface area (Å²) in [5.74, 6) is 1.07. The lowest BCUT2D eigenvalue weighted by Gasteiger charge is -2.11. The van der Waals surface area contributed by atoms with Crippen LogP contribution in [-0.4, -0.2) is 9.97 Å². The van der Waals surface area contributed by atoms with E-state index in [-0.39, 0.29) is 0 Å². The highest BCUT2D eigenvalue weighted by molar-refractivity contribution is 9.10. The molecule has 2 aromatic rings. The van der Waals surface area contributed by atoms with Gasteiger partial charge in [0.15, 0.2) is 5.75 Å². The molecule has 2 N–H and O–H groups in total. The molecule has 0 aliphatic carbocycles. The maximum absolute atomic E-state index is 5.93. The average Bonchev–Trinajstić information content (AvgIpc) is 2.28. The lowest BCUT2D eigenvalue weighted by Crippen LogP contribution is -1.99. The number of benzene rings is 1. The van der Waals surface area contributed by atoms with Crippen LogP contribution in [0, 0.1) is 20.8 Å². The van der Waals surface area contributed by atoms with Crippen LogP contribution in [0.15, 0.2) is 22.8 Å². The summed E-state index contributed by atoms with van der Waals surface area (Å²) in [6.45, 7) is 5.74. The van der Waals surface area contributed by atoms with Crippen LogP contribution < -0.4 is 10.5 Å². The average molecular weight is 308 g/mol. The zero-order chi connectivity index (χ0) is 13.3. The van der Waals surface area contributed by atoms with Crippen molar-refractivity contribution >= 4 is 21.6 Å². The number of anilines is 1. The molecule has 1 aromatic carbocycles. The Morgan fingerprint density at radius 1 is 1.17 bits per heavy atom. The number of halogens is 1. The van der Waals surface area contributed by atoms with Crippen molar-refractivity contribution in [1.82, 2.24) is 9.97 Å². The number of hydrogen-bond donors (Lipinski definition) is 1. The molecule has 5 heteroatoms. The molecule has 0 unspecified atom stereocenters. The lowest BCUT2D eigenvalue weighted by atomic mass is 10.2. The van der Waals surface area contributed by atoms with E-state index in [1.54, 1.807) is 12.3 Å². The molecular formula is C13H14BrN3O. The van der Waals surface area contributed by atoms with Gasteiger partial charge in [0, 0.05) is 4.47 Å². The van der Waals surface area contributed by atoms with E-state index in [2.05, 4.69) is 25.9 Å². The molecular weight excluding hydrogens is 294 g/mol. The van der Waals surface area contributed by atoms with Gasteiger partial charge in [-0.2, -0.15) is 0 Å². The van der Waals surface area contributed by atoms with Gasteiger partial charge in [0.1, 0.15) is 0 Å². The molecule has 1 aromatic heterocycles. The number of rotatable bonds is 2. The summed E-state index contributed by atoms with van der Waals surface area (Å²) in [6, 6.07) is 3.75. The summed E-state index contributed by atoms with van der Waals surface area (Å²) < 4.78 is 6.64. The molecule has 18 heavy (non-hydrogen) atoms. The van der Waals surface area contributed by atoms with E-state index < -0.39 is 0 Å². The topological polar surface area (TPSA) is 61.0 Å². The van der Waals surface area contributed by atoms with Gasteiger partial charge in [-0.15, -0.1) is 0 Å². The van der Waals surface area contributed by atoms with Crippen LogP contribution in [0.5, 0.6) is 11.6 Å². The van der Waals surface area contributed by atoms with Gasteiger partial charge in [-0.05, 0) is 38.5 Å². The van der Waals surface area contributed by atoms with E-state index in [9.17, 15) is 0 Å². The Morgan fingerprint density at radius 2 is 1.89 bits per heavy atom. The van der Waals surface area contributed by atoms with E-state index >= 15 is 0 Å². The Labute approximate surface area is 114 Å². The Morgan fingerprint density at radius 3 is 2.50 bits per heavy atom. The molecule has 0 aliphatic heterocycles. The van der Waals surface area contributed by atoms with Crippen LogP contribution in [0.2, 0.25) is 0 Å². The minimum atomic E-state index is 0.454. The molecule has 4 nitrogen and oxygen atoms in total. The van der Waals surface area contributed by atoms with Crippen molar-refractivity contribution in [3.8, 4) is 11.6 Å². The zero-order valence-electron chi connectivity index (χ0n) is 10.5. The molecule has 0 atom stereocenters. The second-order valence-electron chi connectivity index (χ2n) is 4.12. The van der Waals surface area contributed by atoms with Crippen molar-refractivity contribution in [2.24, 2.45) is 0 Å². The molecule has 0 aliphatic rings. The number of nitrogens with two attached hydrogens (primary N) is 1. The van der Waals surface area contributed by atoms with Crippen LogP contribution in [0.25, 0.3) is 0 Å². The quantitative estimate of drug-likeness (QED) is 0.862. The highest BCUT2D eigenvalue weighted by Gasteiger charge is 2.09. The van der Waals surface area contributed by atoms with E-state index in [0.29, 0.717) is 17.3 Å². The third-order valence-corrected chi connectivity index (χ3v) is 3.10. The minimum Gasteiger partial charge on any atom is -0.435 e. The van der Waals surface area contributed by atoms with Gasteiger partial charge in [-0.25, -0.2) is 4.98 Å². The largest absolute Gasteiger partial charge is 0.435 e. The maximum atomic E-state index is 5.93. The zero-order valence-corrected chi connectivity index (χ0v) is 12.1. The third-order valence-electron chi connectivity index (χ3n) is 2.64. The van der Waals surface area contributed by atoms with Crippen LogP contribution >= 0.6 is 15.9 Å². The van der Waals surface area contributed by atoms with E-state index in [0.717, 1.165) is 21.4 Å². The molecule has 94 valence electrons. The van der Waals surface area contributed by atoms with Crippen LogP contribution in [0.4, 0.5) is 5.69 Å². The van der Waals surface area contributed by atoms with Gasteiger partial charge in [-0.3, -0.25) is 4.98 Å². The first-order valence-corrected chi connectivity index (χ1v) is 6.30. The van der Waals surface area contributed by atoms with Crippen molar-refractivity contribution in [3.05, 3.63) is 39.8 Å². The number of hydrogen-bond acceptors (Lipinski definition) is 4. The van der Waals surface area contributed by atoms with Crippen molar-refractivity contribution in [1.29, 1.82) is 0 Å². The predicted octanol–water partition coefficient (Wildman–Crippen LogP) is 3.54. The van der Waals surface area contributed by atoms with Gasteiger partial charge < -0.3 is 10.5 Å². The summed E-state index contributed by atoms with van der Waals surface area (Å²) in [5, 5.41) is 0. The number of ether oxygens (including phenoxy) is 1. The fourth-order valence-corrected chi connectivity index (χ4v) is 2.16. The fraction of sp³-hybridized carbons (Fsp3) is 0.231. The smallest absolute Gasteiger partial charge is 0.238 e. The van der Waals surface area contributed by atoms with E-state index in [1.807, 2.05) is 26.8 Å². The first kappa shape index (κ1) is 12.8. The Hall–Kier alpha value is -1.62. The second kappa shape index (κ2) is 4.94. The highest BCUT2D eigenvalue weighted by Crippen LogP contribution is 2.33. The van der Waals surface area contributed by atoms with Crippen molar-refractivity contribution in [2.45, 2.75) is 20.8 Å². The maximum Gasteiger partial charge on any atom is 0.238 e. The summed E-state index contributed by atoms with van der Waals surface area (Å²) in [6.07, 6.45) is 1.60. The summed E-state index contributed by atoms with van der Waals surface area (Å²) >= 11 is 3.39. The highest BCUT2D eigenvalue weighted by atomic mass is 79.9.